The highest BCUT2D eigenvalue weighted by molar-refractivity contribution is 6.33. The third-order valence-corrected chi connectivity index (χ3v) is 5.73. The summed E-state index contributed by atoms with van der Waals surface area (Å²) in [5.74, 6) is -0.404. The quantitative estimate of drug-likeness (QED) is 0.654. The number of carbonyl (C=O) groups excluding carboxylic acids is 1. The first kappa shape index (κ1) is 22.2. The van der Waals surface area contributed by atoms with Crippen LogP contribution >= 0.6 is 11.6 Å². The number of hydrogen-bond acceptors (Lipinski definition) is 4. The number of carbonyl (C=O) groups is 1. The molecule has 0 saturated heterocycles. The summed E-state index contributed by atoms with van der Waals surface area (Å²) in [6.07, 6.45) is 6.30. The zero-order valence-electron chi connectivity index (χ0n) is 17.4. The van der Waals surface area contributed by atoms with E-state index >= 15 is 0 Å². The number of halogens is 2. The van der Waals surface area contributed by atoms with E-state index in [0.717, 1.165) is 50.0 Å². The number of nitrogens with zero attached hydrogens (tertiary/aromatic N) is 3. The Hall–Kier alpha value is -2.44. The Labute approximate surface area is 181 Å². The van der Waals surface area contributed by atoms with Gasteiger partial charge in [0.25, 0.3) is 0 Å². The molecule has 0 bridgehead atoms. The van der Waals surface area contributed by atoms with Crippen LogP contribution in [-0.2, 0) is 17.8 Å². The maximum Gasteiger partial charge on any atom is 0.222 e. The third kappa shape index (κ3) is 5.58. The Morgan fingerprint density at radius 3 is 2.90 bits per heavy atom. The van der Waals surface area contributed by atoms with Crippen molar-refractivity contribution in [1.29, 1.82) is 0 Å². The first-order valence-electron chi connectivity index (χ1n) is 10.1. The maximum absolute atomic E-state index is 14.7. The summed E-state index contributed by atoms with van der Waals surface area (Å²) in [5.41, 5.74) is 2.89. The predicted molar refractivity (Wildman–Crippen MR) is 118 cm³/mol. The summed E-state index contributed by atoms with van der Waals surface area (Å²) in [6.45, 7) is 2.63. The number of phenolic OH excluding ortho intramolecular Hbond substituents is 1. The molecule has 30 heavy (non-hydrogen) atoms. The predicted octanol–water partition coefficient (Wildman–Crippen LogP) is 4.52. The monoisotopic (exact) mass is 431 g/mol. The van der Waals surface area contributed by atoms with Gasteiger partial charge in [0, 0.05) is 39.8 Å². The van der Waals surface area contributed by atoms with Gasteiger partial charge in [-0.05, 0) is 60.7 Å². The summed E-state index contributed by atoms with van der Waals surface area (Å²) in [7, 11) is 3.56. The van der Waals surface area contributed by atoms with Gasteiger partial charge in [0.1, 0.15) is 11.6 Å². The topological polar surface area (TPSA) is 56.7 Å². The molecule has 1 N–H and O–H groups in total. The van der Waals surface area contributed by atoms with Crippen LogP contribution in [0.3, 0.4) is 0 Å². The minimum Gasteiger partial charge on any atom is -0.506 e. The largest absolute Gasteiger partial charge is 0.506 e. The molecule has 1 aliphatic rings. The zero-order chi connectivity index (χ0) is 21.7. The van der Waals surface area contributed by atoms with Crippen LogP contribution in [0.25, 0.3) is 11.9 Å². The fraction of sp³-hybridized carbons (Fsp3) is 0.391. The molecule has 0 radical (unpaired) electrons. The van der Waals surface area contributed by atoms with Gasteiger partial charge >= 0.3 is 0 Å². The zero-order valence-corrected chi connectivity index (χ0v) is 18.1. The highest BCUT2D eigenvalue weighted by Crippen LogP contribution is 2.30. The number of hydrogen-bond donors (Lipinski definition) is 1. The standard InChI is InChI=1S/C23H27ClFN3O2/c1-27(2)22(30)8-3-4-10-28-11-9-16-13-20(26-14-18(16)15-28)19(25)12-17-6-5-7-21(29)23(17)24/h5-7,12-14,29H,3-4,8-11,15H2,1-2H3/b19-12-. The van der Waals surface area contributed by atoms with Gasteiger partial charge in [0.05, 0.1) is 10.7 Å². The second-order valence-electron chi connectivity index (χ2n) is 7.78. The molecule has 2 heterocycles. The summed E-state index contributed by atoms with van der Waals surface area (Å²) < 4.78 is 14.7. The molecule has 0 aliphatic carbocycles. The van der Waals surface area contributed by atoms with Crippen molar-refractivity contribution in [2.75, 3.05) is 27.2 Å². The van der Waals surface area contributed by atoms with Gasteiger partial charge in [-0.15, -0.1) is 0 Å². The average molecular weight is 432 g/mol. The smallest absolute Gasteiger partial charge is 0.222 e. The lowest BCUT2D eigenvalue weighted by molar-refractivity contribution is -0.128. The van der Waals surface area contributed by atoms with E-state index in [2.05, 4.69) is 9.88 Å². The van der Waals surface area contributed by atoms with Gasteiger partial charge in [0.2, 0.25) is 5.91 Å². The van der Waals surface area contributed by atoms with E-state index in [1.807, 2.05) is 0 Å². The summed E-state index contributed by atoms with van der Waals surface area (Å²) in [5, 5.41) is 9.79. The van der Waals surface area contributed by atoms with Gasteiger partial charge in [-0.1, -0.05) is 23.7 Å². The van der Waals surface area contributed by atoms with Crippen LogP contribution in [0, 0.1) is 0 Å². The van der Waals surface area contributed by atoms with E-state index in [1.54, 1.807) is 43.4 Å². The van der Waals surface area contributed by atoms with Crippen LogP contribution in [0.4, 0.5) is 4.39 Å². The number of aromatic nitrogens is 1. The molecule has 160 valence electrons. The molecular formula is C23H27ClFN3O2. The van der Waals surface area contributed by atoms with Crippen LogP contribution in [0.5, 0.6) is 5.75 Å². The lowest BCUT2D eigenvalue weighted by atomic mass is 10.00. The van der Waals surface area contributed by atoms with Crippen LogP contribution in [-0.4, -0.2) is 53.0 Å². The second-order valence-corrected chi connectivity index (χ2v) is 8.16. The first-order chi connectivity index (χ1) is 14.3. The highest BCUT2D eigenvalue weighted by atomic mass is 35.5. The Balaban J connectivity index is 1.60. The number of benzene rings is 1. The Bertz CT molecular complexity index is 946. The fourth-order valence-electron chi connectivity index (χ4n) is 3.51. The first-order valence-corrected chi connectivity index (χ1v) is 10.5. The van der Waals surface area contributed by atoms with Crippen molar-refractivity contribution in [2.45, 2.75) is 32.2 Å². The molecule has 1 amide bonds. The Kier molecular flexibility index (Phi) is 7.45. The minimum atomic E-state index is -0.488. The van der Waals surface area contributed by atoms with Crippen LogP contribution < -0.4 is 0 Å². The average Bonchev–Trinajstić information content (AvgIpc) is 2.73. The summed E-state index contributed by atoms with van der Waals surface area (Å²) in [4.78, 5) is 19.9. The molecule has 1 aliphatic heterocycles. The molecule has 3 rings (SSSR count). The van der Waals surface area contributed by atoms with Gasteiger partial charge < -0.3 is 10.0 Å². The third-order valence-electron chi connectivity index (χ3n) is 5.32. The molecule has 0 atom stereocenters. The van der Waals surface area contributed by atoms with Gasteiger partial charge in [-0.2, -0.15) is 0 Å². The Morgan fingerprint density at radius 1 is 1.33 bits per heavy atom. The molecule has 0 fully saturated rings. The van der Waals surface area contributed by atoms with E-state index in [0.29, 0.717) is 12.0 Å². The summed E-state index contributed by atoms with van der Waals surface area (Å²) >= 11 is 6.03. The second kappa shape index (κ2) is 10.0. The van der Waals surface area contributed by atoms with Gasteiger partial charge in [-0.3, -0.25) is 14.7 Å². The molecule has 0 unspecified atom stereocenters. The molecule has 5 nitrogen and oxygen atoms in total. The van der Waals surface area contributed by atoms with E-state index in [1.165, 1.54) is 12.1 Å². The highest BCUT2D eigenvalue weighted by Gasteiger charge is 2.18. The van der Waals surface area contributed by atoms with Gasteiger partial charge in [0.15, 0.2) is 0 Å². The SMILES string of the molecule is CN(C)C(=O)CCCCN1CCc2cc(/C(F)=C/c3cccc(O)c3Cl)ncc2C1. The van der Waals surface area contributed by atoms with Crippen molar-refractivity contribution in [3.05, 3.63) is 57.9 Å². The van der Waals surface area contributed by atoms with Crippen LogP contribution in [0.1, 0.15) is 41.6 Å². The lowest BCUT2D eigenvalue weighted by Crippen LogP contribution is -2.31. The minimum absolute atomic E-state index is 0.0808. The molecule has 0 saturated carbocycles. The van der Waals surface area contributed by atoms with Crippen molar-refractivity contribution in [3.8, 4) is 5.75 Å². The van der Waals surface area contributed by atoms with Crippen molar-refractivity contribution >= 4 is 29.4 Å². The molecule has 1 aromatic heterocycles. The molecule has 0 spiro atoms. The number of amides is 1. The summed E-state index contributed by atoms with van der Waals surface area (Å²) in [6, 6.07) is 6.52. The van der Waals surface area contributed by atoms with Crippen molar-refractivity contribution in [3.63, 3.8) is 0 Å². The van der Waals surface area contributed by atoms with Crippen LogP contribution in [0.2, 0.25) is 5.02 Å². The van der Waals surface area contributed by atoms with Crippen molar-refractivity contribution in [2.24, 2.45) is 0 Å². The fourth-order valence-corrected chi connectivity index (χ4v) is 3.70. The number of rotatable bonds is 7. The number of fused-ring (bicyclic) bond motifs is 1. The number of pyridine rings is 1. The molecule has 1 aromatic carbocycles. The Morgan fingerprint density at radius 2 is 2.13 bits per heavy atom. The lowest BCUT2D eigenvalue weighted by Gasteiger charge is -2.28. The van der Waals surface area contributed by atoms with E-state index in [9.17, 15) is 14.3 Å². The van der Waals surface area contributed by atoms with Crippen LogP contribution in [0.15, 0.2) is 30.5 Å². The van der Waals surface area contributed by atoms with Crippen molar-refractivity contribution in [1.82, 2.24) is 14.8 Å². The number of aromatic hydroxyl groups is 1. The molecule has 7 heteroatoms. The van der Waals surface area contributed by atoms with Crippen molar-refractivity contribution < 1.29 is 14.3 Å². The van der Waals surface area contributed by atoms with Gasteiger partial charge in [-0.25, -0.2) is 4.39 Å². The number of unbranched alkanes of at least 4 members (excludes halogenated alkanes) is 1. The molecular weight excluding hydrogens is 405 g/mol. The normalized spacial score (nSPS) is 14.5. The van der Waals surface area contributed by atoms with E-state index < -0.39 is 5.83 Å². The van der Waals surface area contributed by atoms with E-state index in [-0.39, 0.29) is 22.4 Å². The maximum atomic E-state index is 14.7. The number of phenols is 1. The molecule has 2 aromatic rings. The van der Waals surface area contributed by atoms with E-state index in [4.69, 9.17) is 11.6 Å².